The summed E-state index contributed by atoms with van der Waals surface area (Å²) in [7, 11) is 1.50. The lowest BCUT2D eigenvalue weighted by atomic mass is 9.41. The van der Waals surface area contributed by atoms with Gasteiger partial charge in [-0.1, -0.05) is 19.9 Å². The van der Waals surface area contributed by atoms with Gasteiger partial charge in [-0.3, -0.25) is 9.36 Å². The summed E-state index contributed by atoms with van der Waals surface area (Å²) < 4.78 is 21.0. The van der Waals surface area contributed by atoms with Crippen molar-refractivity contribution in [3.63, 3.8) is 0 Å². The van der Waals surface area contributed by atoms with Crippen LogP contribution < -0.4 is 21.3 Å². The molecule has 3 aromatic rings. The summed E-state index contributed by atoms with van der Waals surface area (Å²) >= 11 is 0. The van der Waals surface area contributed by atoms with Gasteiger partial charge in [0.1, 0.15) is 11.6 Å². The van der Waals surface area contributed by atoms with Crippen molar-refractivity contribution in [1.29, 1.82) is 0 Å². The molecule has 43 heavy (non-hydrogen) atoms. The average molecular weight is 591 g/mol. The summed E-state index contributed by atoms with van der Waals surface area (Å²) in [4.78, 5) is 24.8. The van der Waals surface area contributed by atoms with E-state index in [1.165, 1.54) is 30.5 Å². The van der Waals surface area contributed by atoms with E-state index in [-0.39, 0.29) is 35.5 Å². The number of aromatic nitrogens is 2. The monoisotopic (exact) mass is 590 g/mol. The molecule has 1 saturated heterocycles. The van der Waals surface area contributed by atoms with Gasteiger partial charge in [0.25, 0.3) is 5.56 Å². The van der Waals surface area contributed by atoms with Crippen molar-refractivity contribution in [2.45, 2.75) is 58.7 Å². The van der Waals surface area contributed by atoms with Crippen LogP contribution in [-0.2, 0) is 13.0 Å². The smallest absolute Gasteiger partial charge is 0.261 e. The number of methoxy groups -OCH3 is 1. The van der Waals surface area contributed by atoms with Crippen molar-refractivity contribution in [3.8, 4) is 5.75 Å². The molecule has 4 fully saturated rings. The highest BCUT2D eigenvalue weighted by atomic mass is 19.1. The summed E-state index contributed by atoms with van der Waals surface area (Å²) in [5.41, 5.74) is 8.45. The minimum atomic E-state index is -0.361. The molecule has 0 spiro atoms. The Morgan fingerprint density at radius 1 is 1.23 bits per heavy atom. The van der Waals surface area contributed by atoms with Crippen LogP contribution in [0.5, 0.6) is 5.75 Å². The van der Waals surface area contributed by atoms with E-state index in [4.69, 9.17) is 15.5 Å². The molecule has 4 N–H and O–H groups in total. The molecule has 6 atom stereocenters. The van der Waals surface area contributed by atoms with Crippen LogP contribution in [0.25, 0.3) is 10.9 Å². The molecule has 4 aliphatic rings. The molecule has 10 heteroatoms. The molecule has 0 amide bonds. The molecular weight excluding hydrogens is 547 g/mol. The maximum atomic E-state index is 14.4. The summed E-state index contributed by atoms with van der Waals surface area (Å²) in [6, 6.07) is 10.5. The van der Waals surface area contributed by atoms with Gasteiger partial charge in [0.05, 0.1) is 30.0 Å². The first kappa shape index (κ1) is 29.6. The molecule has 3 aliphatic carbocycles. The minimum absolute atomic E-state index is 0.179. The Morgan fingerprint density at radius 2 is 2.05 bits per heavy atom. The van der Waals surface area contributed by atoms with Gasteiger partial charge in [-0.25, -0.2) is 14.4 Å². The topological polar surface area (TPSA) is 118 Å². The van der Waals surface area contributed by atoms with Crippen LogP contribution in [0.2, 0.25) is 0 Å². The summed E-state index contributed by atoms with van der Waals surface area (Å²) in [6.07, 6.45) is 4.03. The fourth-order valence-electron chi connectivity index (χ4n) is 8.27. The summed E-state index contributed by atoms with van der Waals surface area (Å²) in [5, 5.41) is 14.3. The van der Waals surface area contributed by atoms with Crippen molar-refractivity contribution >= 4 is 22.5 Å². The summed E-state index contributed by atoms with van der Waals surface area (Å²) in [5.74, 6) is 2.48. The van der Waals surface area contributed by atoms with Crippen LogP contribution >= 0.6 is 0 Å². The van der Waals surface area contributed by atoms with E-state index in [9.17, 15) is 14.3 Å². The Hall–Kier alpha value is -3.50. The molecule has 9 nitrogen and oxygen atoms in total. The first-order valence-electron chi connectivity index (χ1n) is 15.4. The van der Waals surface area contributed by atoms with Crippen LogP contribution in [0, 0.1) is 34.9 Å². The van der Waals surface area contributed by atoms with Gasteiger partial charge in [-0.15, -0.1) is 0 Å². The lowest BCUT2D eigenvalue weighted by Crippen LogP contribution is -2.68. The Balaban J connectivity index is 1.22. The van der Waals surface area contributed by atoms with E-state index < -0.39 is 0 Å². The third-order valence-corrected chi connectivity index (χ3v) is 10.7. The average Bonchev–Trinajstić information content (AvgIpc) is 3.00. The number of rotatable bonds is 7. The quantitative estimate of drug-likeness (QED) is 0.284. The zero-order valence-electron chi connectivity index (χ0n) is 25.5. The Bertz CT molecular complexity index is 1590. The van der Waals surface area contributed by atoms with E-state index >= 15 is 0 Å². The number of hydrogen-bond donors (Lipinski definition) is 3. The fourth-order valence-corrected chi connectivity index (χ4v) is 8.27. The first-order valence-corrected chi connectivity index (χ1v) is 15.4. The molecule has 3 saturated carbocycles. The second-order valence-corrected chi connectivity index (χ2v) is 13.2. The molecule has 1 aliphatic heterocycles. The molecule has 0 radical (unpaired) electrons. The van der Waals surface area contributed by atoms with E-state index in [2.05, 4.69) is 36.0 Å². The number of hydrogen-bond acceptors (Lipinski definition) is 6. The predicted octanol–water partition coefficient (Wildman–Crippen LogP) is 3.69. The van der Waals surface area contributed by atoms with E-state index in [1.807, 2.05) is 0 Å². The number of aliphatic imine (C=N–C) groups is 1. The largest absolute Gasteiger partial charge is 0.497 e. The van der Waals surface area contributed by atoms with Gasteiger partial charge in [-0.2, -0.15) is 0 Å². The highest BCUT2D eigenvalue weighted by Gasteiger charge is 2.60. The van der Waals surface area contributed by atoms with Gasteiger partial charge in [0.15, 0.2) is 5.96 Å². The Morgan fingerprint density at radius 3 is 2.77 bits per heavy atom. The van der Waals surface area contributed by atoms with Crippen molar-refractivity contribution in [3.05, 3.63) is 64.5 Å². The number of nitrogens with two attached hydrogens (primary N) is 1. The first-order chi connectivity index (χ1) is 20.6. The van der Waals surface area contributed by atoms with Crippen molar-refractivity contribution < 1.29 is 14.2 Å². The number of nitrogens with zero attached hydrogens (tertiary/aromatic N) is 4. The number of halogens is 1. The number of nitrogens with one attached hydrogen (secondary N) is 1. The van der Waals surface area contributed by atoms with Crippen LogP contribution in [0.3, 0.4) is 0 Å². The SMILES string of the molecule is COc1ccc(CCn2cnc3cc(N=C(N)N4CCN[C@@H](C)C4C4C[C@@H](CO)[C@@H]5C[C@H]4C5(C)C)ccc3c2=O)c(F)c1. The molecule has 230 valence electrons. The van der Waals surface area contributed by atoms with Crippen LogP contribution in [-0.4, -0.2) is 64.4 Å². The zero-order chi connectivity index (χ0) is 30.5. The molecular formula is C33H43FN6O3. The highest BCUT2D eigenvalue weighted by Crippen LogP contribution is 2.64. The van der Waals surface area contributed by atoms with Gasteiger partial charge in [-0.05, 0) is 85.1 Å². The van der Waals surface area contributed by atoms with Gasteiger partial charge < -0.3 is 25.8 Å². The zero-order valence-corrected chi connectivity index (χ0v) is 25.5. The molecule has 2 bridgehead atoms. The Kier molecular flexibility index (Phi) is 7.93. The maximum Gasteiger partial charge on any atom is 0.261 e. The Labute approximate surface area is 252 Å². The molecule has 2 heterocycles. The van der Waals surface area contributed by atoms with Gasteiger partial charge >= 0.3 is 0 Å². The lowest BCUT2D eigenvalue weighted by molar-refractivity contribution is -0.169. The number of fused-ring (bicyclic) bond motifs is 3. The molecule has 2 aromatic carbocycles. The lowest BCUT2D eigenvalue weighted by Gasteiger charge is -2.66. The third kappa shape index (κ3) is 5.29. The van der Waals surface area contributed by atoms with Crippen LogP contribution in [0.4, 0.5) is 10.1 Å². The second kappa shape index (κ2) is 11.5. The number of aliphatic hydroxyl groups excluding tert-OH is 1. The maximum absolute atomic E-state index is 14.4. The summed E-state index contributed by atoms with van der Waals surface area (Å²) in [6.45, 7) is 9.06. The van der Waals surface area contributed by atoms with Crippen molar-refractivity contribution in [1.82, 2.24) is 19.8 Å². The minimum Gasteiger partial charge on any atom is -0.497 e. The van der Waals surface area contributed by atoms with Gasteiger partial charge in [0, 0.05) is 44.4 Å². The molecule has 1 aromatic heterocycles. The highest BCUT2D eigenvalue weighted by molar-refractivity contribution is 5.85. The number of benzene rings is 2. The van der Waals surface area contributed by atoms with E-state index in [0.29, 0.717) is 70.5 Å². The number of guanidine groups is 1. The normalized spacial score (nSPS) is 28.5. The van der Waals surface area contributed by atoms with Crippen LogP contribution in [0.15, 0.2) is 52.5 Å². The molecule has 7 rings (SSSR count). The number of aliphatic hydroxyl groups is 1. The number of ether oxygens (including phenoxy) is 1. The van der Waals surface area contributed by atoms with Crippen molar-refractivity contribution in [2.75, 3.05) is 26.8 Å². The second-order valence-electron chi connectivity index (χ2n) is 13.2. The fraction of sp³-hybridized carbons (Fsp3) is 0.545. The van der Waals surface area contributed by atoms with Crippen LogP contribution in [0.1, 0.15) is 39.2 Å². The van der Waals surface area contributed by atoms with E-state index in [0.717, 1.165) is 19.5 Å². The predicted molar refractivity (Wildman–Crippen MR) is 166 cm³/mol. The standard InChI is InChI=1S/C33H43FN6O3/c1-19-30(25-13-21(17-41)26-16-27(25)33(26,2)3)40(12-10-36-19)32(35)38-22-6-8-24-29(14-22)37-18-39(31(24)42)11-9-20-5-7-23(43-4)15-28(20)34/h5-8,14-15,18-19,21,25-27,30,36,41H,9-13,16-17H2,1-4H3,(H2,35,38)/t19-,21-,25?,26-,27+,30?/m0/s1. The van der Waals surface area contributed by atoms with Gasteiger partial charge in [0.2, 0.25) is 0 Å². The van der Waals surface area contributed by atoms with Crippen molar-refractivity contribution in [2.24, 2.45) is 39.8 Å². The number of aryl methyl sites for hydroxylation is 2. The van der Waals surface area contributed by atoms with E-state index in [1.54, 1.807) is 30.3 Å². The number of piperazine rings is 1. The molecule has 2 unspecified atom stereocenters. The third-order valence-electron chi connectivity index (χ3n) is 10.7.